The minimum Gasteiger partial charge on any atom is -0.365 e. The smallest absolute Gasteiger partial charge is 0.244 e. The molecule has 1 N–H and O–H groups in total. The molecule has 2 rings (SSSR count). The van der Waals surface area contributed by atoms with E-state index in [0.29, 0.717) is 6.54 Å². The van der Waals surface area contributed by atoms with Gasteiger partial charge >= 0.3 is 0 Å². The third-order valence-electron chi connectivity index (χ3n) is 4.24. The van der Waals surface area contributed by atoms with Crippen molar-refractivity contribution in [3.63, 3.8) is 0 Å². The van der Waals surface area contributed by atoms with E-state index in [0.717, 1.165) is 23.4 Å². The van der Waals surface area contributed by atoms with Gasteiger partial charge in [0.25, 0.3) is 0 Å². The first kappa shape index (κ1) is 20.4. The Balaban J connectivity index is 1.98. The van der Waals surface area contributed by atoms with Gasteiger partial charge < -0.3 is 15.1 Å². The van der Waals surface area contributed by atoms with Crippen LogP contribution in [0.4, 0.5) is 15.8 Å². The number of carbonyl (C=O) groups excluding carboxylic acids is 2. The Bertz CT molecular complexity index is 777. The average Bonchev–Trinajstić information content (AvgIpc) is 2.63. The zero-order valence-electron chi connectivity index (χ0n) is 16.0. The van der Waals surface area contributed by atoms with E-state index in [-0.39, 0.29) is 30.7 Å². The molecule has 6 heteroatoms. The molecule has 0 atom stereocenters. The lowest BCUT2D eigenvalue weighted by Gasteiger charge is -2.26. The average molecular weight is 371 g/mol. The number of benzene rings is 2. The molecule has 27 heavy (non-hydrogen) atoms. The van der Waals surface area contributed by atoms with E-state index in [4.69, 9.17) is 0 Å². The van der Waals surface area contributed by atoms with Crippen LogP contribution >= 0.6 is 0 Å². The second-order valence-electron chi connectivity index (χ2n) is 6.51. The molecule has 144 valence electrons. The molecular weight excluding hydrogens is 345 g/mol. The minimum atomic E-state index is -0.320. The summed E-state index contributed by atoms with van der Waals surface area (Å²) in [6.07, 6.45) is 0.754. The molecule has 5 nitrogen and oxygen atoms in total. The van der Waals surface area contributed by atoms with Crippen molar-refractivity contribution in [2.24, 2.45) is 0 Å². The highest BCUT2D eigenvalue weighted by Crippen LogP contribution is 2.14. The Morgan fingerprint density at radius 1 is 1.04 bits per heavy atom. The third kappa shape index (κ3) is 6.09. The molecule has 0 aliphatic rings. The first-order valence-electron chi connectivity index (χ1n) is 9.00. The lowest BCUT2D eigenvalue weighted by Crippen LogP contribution is -2.43. The lowest BCUT2D eigenvalue weighted by atomic mass is 10.2. The summed E-state index contributed by atoms with van der Waals surface area (Å²) < 4.78 is 13.1. The summed E-state index contributed by atoms with van der Waals surface area (Å²) >= 11 is 0. The van der Waals surface area contributed by atoms with Gasteiger partial charge in [-0.25, -0.2) is 4.39 Å². The molecule has 0 spiro atoms. The van der Waals surface area contributed by atoms with Gasteiger partial charge in [0.05, 0.1) is 13.1 Å². The van der Waals surface area contributed by atoms with Crippen molar-refractivity contribution in [1.29, 1.82) is 0 Å². The number of anilines is 2. The van der Waals surface area contributed by atoms with Crippen LogP contribution in [0.1, 0.15) is 18.9 Å². The van der Waals surface area contributed by atoms with Crippen molar-refractivity contribution in [1.82, 2.24) is 4.90 Å². The molecule has 0 saturated heterocycles. The molecule has 0 aliphatic heterocycles. The van der Waals surface area contributed by atoms with Crippen LogP contribution in [0.3, 0.4) is 0 Å². The van der Waals surface area contributed by atoms with Gasteiger partial charge in [0, 0.05) is 25.0 Å². The summed E-state index contributed by atoms with van der Waals surface area (Å²) in [5.74, 6) is -0.696. The molecule has 2 aromatic carbocycles. The predicted octanol–water partition coefficient (Wildman–Crippen LogP) is 3.45. The molecule has 2 aromatic rings. The van der Waals surface area contributed by atoms with Gasteiger partial charge in [-0.1, -0.05) is 25.1 Å². The molecule has 0 aromatic heterocycles. The molecular formula is C21H26FN3O2. The Morgan fingerprint density at radius 2 is 1.70 bits per heavy atom. The van der Waals surface area contributed by atoms with Crippen molar-refractivity contribution in [3.8, 4) is 0 Å². The summed E-state index contributed by atoms with van der Waals surface area (Å²) in [6.45, 7) is 4.49. The maximum absolute atomic E-state index is 13.1. The molecule has 0 saturated carbocycles. The zero-order valence-corrected chi connectivity index (χ0v) is 16.0. The second-order valence-corrected chi connectivity index (χ2v) is 6.51. The normalized spacial score (nSPS) is 10.4. The SMILES string of the molecule is CCCN(CC(=O)Nc1ccccc1C)C(=O)CN(C)c1ccc(F)cc1. The fourth-order valence-corrected chi connectivity index (χ4v) is 2.73. The largest absolute Gasteiger partial charge is 0.365 e. The third-order valence-corrected chi connectivity index (χ3v) is 4.24. The van der Waals surface area contributed by atoms with Gasteiger partial charge in [0.1, 0.15) is 5.82 Å². The quantitative estimate of drug-likeness (QED) is 0.773. The lowest BCUT2D eigenvalue weighted by molar-refractivity contribution is -0.133. The number of amides is 2. The fourth-order valence-electron chi connectivity index (χ4n) is 2.73. The van der Waals surface area contributed by atoms with Gasteiger partial charge in [0.15, 0.2) is 0 Å². The first-order chi connectivity index (χ1) is 12.9. The van der Waals surface area contributed by atoms with Crippen molar-refractivity contribution in [3.05, 3.63) is 59.9 Å². The Kier molecular flexibility index (Phi) is 7.34. The van der Waals surface area contributed by atoms with E-state index in [2.05, 4.69) is 5.32 Å². The van der Waals surface area contributed by atoms with Crippen molar-refractivity contribution < 1.29 is 14.0 Å². The van der Waals surface area contributed by atoms with Crippen LogP contribution in [0, 0.1) is 12.7 Å². The van der Waals surface area contributed by atoms with E-state index >= 15 is 0 Å². The van der Waals surface area contributed by atoms with Gasteiger partial charge in [-0.3, -0.25) is 9.59 Å². The number of hydrogen-bond donors (Lipinski definition) is 1. The molecule has 2 amide bonds. The van der Waals surface area contributed by atoms with Gasteiger partial charge in [-0.2, -0.15) is 0 Å². The number of nitrogens with zero attached hydrogens (tertiary/aromatic N) is 2. The molecule has 0 bridgehead atoms. The number of rotatable bonds is 8. The molecule has 0 heterocycles. The Morgan fingerprint density at radius 3 is 2.33 bits per heavy atom. The summed E-state index contributed by atoms with van der Waals surface area (Å²) in [5.41, 5.74) is 2.45. The van der Waals surface area contributed by atoms with Crippen molar-refractivity contribution >= 4 is 23.2 Å². The van der Waals surface area contributed by atoms with Crippen LogP contribution in [-0.4, -0.2) is 43.4 Å². The Labute approximate surface area is 159 Å². The standard InChI is InChI=1S/C21H26FN3O2/c1-4-13-25(14-20(26)23-19-8-6-5-7-16(19)2)21(27)15-24(3)18-11-9-17(22)10-12-18/h5-12H,4,13-15H2,1-3H3,(H,23,26). The first-order valence-corrected chi connectivity index (χ1v) is 9.00. The van der Waals surface area contributed by atoms with Gasteiger partial charge in [0.2, 0.25) is 11.8 Å². The minimum absolute atomic E-state index is 0.00172. The van der Waals surface area contributed by atoms with Gasteiger partial charge in [-0.15, -0.1) is 0 Å². The van der Waals surface area contributed by atoms with Crippen LogP contribution in [0.2, 0.25) is 0 Å². The molecule has 0 radical (unpaired) electrons. The number of halogens is 1. The highest BCUT2D eigenvalue weighted by molar-refractivity contribution is 5.95. The molecule has 0 fully saturated rings. The summed E-state index contributed by atoms with van der Waals surface area (Å²) in [5, 5.41) is 2.86. The number of nitrogens with one attached hydrogen (secondary N) is 1. The van der Waals surface area contributed by atoms with E-state index in [1.807, 2.05) is 38.1 Å². The fraction of sp³-hybridized carbons (Fsp3) is 0.333. The van der Waals surface area contributed by atoms with Crippen LogP contribution in [0.25, 0.3) is 0 Å². The summed E-state index contributed by atoms with van der Waals surface area (Å²) in [7, 11) is 1.77. The topological polar surface area (TPSA) is 52.7 Å². The number of hydrogen-bond acceptors (Lipinski definition) is 3. The predicted molar refractivity (Wildman–Crippen MR) is 106 cm³/mol. The Hall–Kier alpha value is -2.89. The van der Waals surface area contributed by atoms with Crippen LogP contribution in [-0.2, 0) is 9.59 Å². The van der Waals surface area contributed by atoms with Crippen molar-refractivity contribution in [2.75, 3.05) is 36.9 Å². The highest BCUT2D eigenvalue weighted by Gasteiger charge is 2.18. The number of aryl methyl sites for hydroxylation is 1. The molecule has 0 unspecified atom stereocenters. The zero-order chi connectivity index (χ0) is 19.8. The maximum atomic E-state index is 13.1. The monoisotopic (exact) mass is 371 g/mol. The second kappa shape index (κ2) is 9.71. The highest BCUT2D eigenvalue weighted by atomic mass is 19.1. The van der Waals surface area contributed by atoms with E-state index < -0.39 is 0 Å². The van der Waals surface area contributed by atoms with E-state index in [1.165, 1.54) is 12.1 Å². The van der Waals surface area contributed by atoms with Crippen LogP contribution < -0.4 is 10.2 Å². The van der Waals surface area contributed by atoms with Gasteiger partial charge in [-0.05, 0) is 49.2 Å². The van der Waals surface area contributed by atoms with Crippen molar-refractivity contribution in [2.45, 2.75) is 20.3 Å². The van der Waals surface area contributed by atoms with E-state index in [9.17, 15) is 14.0 Å². The van der Waals surface area contributed by atoms with Crippen LogP contribution in [0.5, 0.6) is 0 Å². The molecule has 0 aliphatic carbocycles. The summed E-state index contributed by atoms with van der Waals surface area (Å²) in [6, 6.07) is 13.5. The number of carbonyl (C=O) groups is 2. The maximum Gasteiger partial charge on any atom is 0.244 e. The number of likely N-dealkylation sites (N-methyl/N-ethyl adjacent to an activating group) is 1. The van der Waals surface area contributed by atoms with E-state index in [1.54, 1.807) is 29.0 Å². The number of para-hydroxylation sites is 1. The summed E-state index contributed by atoms with van der Waals surface area (Å²) in [4.78, 5) is 28.3. The van der Waals surface area contributed by atoms with Crippen LogP contribution in [0.15, 0.2) is 48.5 Å².